The molecule has 0 aliphatic heterocycles. The van der Waals surface area contributed by atoms with Gasteiger partial charge in [0.25, 0.3) is 0 Å². The Morgan fingerprint density at radius 1 is 1.57 bits per heavy atom. The average molecular weight is 269 g/mol. The van der Waals surface area contributed by atoms with Gasteiger partial charge in [-0.2, -0.15) is 0 Å². The zero-order valence-corrected chi connectivity index (χ0v) is 11.5. The number of halogens is 2. The van der Waals surface area contributed by atoms with Crippen LogP contribution < -0.4 is 34.7 Å². The molecule has 14 heavy (non-hydrogen) atoms. The van der Waals surface area contributed by atoms with Crippen molar-refractivity contribution < 1.29 is 43.8 Å². The van der Waals surface area contributed by atoms with Gasteiger partial charge < -0.3 is 9.90 Å². The summed E-state index contributed by atoms with van der Waals surface area (Å²) in [6.45, 7) is 1.69. The third kappa shape index (κ3) is 3.05. The Morgan fingerprint density at radius 3 is 2.57 bits per heavy atom. The molecule has 5 heteroatoms. The fourth-order valence-corrected chi connectivity index (χ4v) is 1.57. The quantitative estimate of drug-likeness (QED) is 0.614. The second-order valence-corrected chi connectivity index (χ2v) is 3.47. The normalized spacial score (nSPS) is 9.36. The van der Waals surface area contributed by atoms with Crippen molar-refractivity contribution in [2.45, 2.75) is 13.3 Å². The SMILES string of the molecule is CCc1c(F)cc(Br)cc1C(=O)[O-].[Na+]. The standard InChI is InChI=1S/C9H8BrFO2.Na/c1-2-6-7(9(12)13)3-5(10)4-8(6)11;/h3-4H,2H2,1H3,(H,12,13);/q;+1/p-1. The molecule has 1 rings (SSSR count). The summed E-state index contributed by atoms with van der Waals surface area (Å²) in [5.41, 5.74) is 0.0950. The van der Waals surface area contributed by atoms with Crippen LogP contribution in [-0.4, -0.2) is 5.97 Å². The first-order chi connectivity index (χ1) is 6.06. The first-order valence-electron chi connectivity index (χ1n) is 3.75. The molecule has 0 unspecified atom stereocenters. The van der Waals surface area contributed by atoms with E-state index in [0.717, 1.165) is 0 Å². The third-order valence-corrected chi connectivity index (χ3v) is 2.19. The van der Waals surface area contributed by atoms with Gasteiger partial charge in [0, 0.05) is 10.0 Å². The van der Waals surface area contributed by atoms with Crippen LogP contribution in [0.15, 0.2) is 16.6 Å². The molecular weight excluding hydrogens is 262 g/mol. The molecule has 0 bridgehead atoms. The smallest absolute Gasteiger partial charge is 0.545 e. The molecule has 0 saturated heterocycles. The Morgan fingerprint density at radius 2 is 2.14 bits per heavy atom. The molecular formula is C9H7BrFNaO2. The Balaban J connectivity index is 0.00000169. The van der Waals surface area contributed by atoms with E-state index in [1.165, 1.54) is 12.1 Å². The molecule has 1 aromatic rings. The molecule has 0 saturated carbocycles. The van der Waals surface area contributed by atoms with E-state index in [-0.39, 0.29) is 40.7 Å². The fourth-order valence-electron chi connectivity index (χ4n) is 1.14. The van der Waals surface area contributed by atoms with Crippen LogP contribution in [0.2, 0.25) is 0 Å². The zero-order chi connectivity index (χ0) is 10.0. The van der Waals surface area contributed by atoms with Crippen LogP contribution in [0, 0.1) is 5.82 Å². The predicted molar refractivity (Wildman–Crippen MR) is 47.8 cm³/mol. The number of hydrogen-bond donors (Lipinski definition) is 0. The Hall–Kier alpha value is 0.1000. The van der Waals surface area contributed by atoms with Crippen LogP contribution in [0.4, 0.5) is 4.39 Å². The van der Waals surface area contributed by atoms with E-state index in [2.05, 4.69) is 15.9 Å². The molecule has 2 nitrogen and oxygen atoms in total. The van der Waals surface area contributed by atoms with Gasteiger partial charge in [-0.1, -0.05) is 22.9 Å². The van der Waals surface area contributed by atoms with Gasteiger partial charge in [-0.3, -0.25) is 0 Å². The molecule has 0 N–H and O–H groups in total. The molecule has 0 radical (unpaired) electrons. The van der Waals surface area contributed by atoms with Gasteiger partial charge in [0.1, 0.15) is 5.82 Å². The zero-order valence-electron chi connectivity index (χ0n) is 7.93. The van der Waals surface area contributed by atoms with Crippen LogP contribution in [0.1, 0.15) is 22.8 Å². The van der Waals surface area contributed by atoms with Gasteiger partial charge in [0.05, 0.1) is 5.97 Å². The number of carboxylic acid groups (broad SMARTS) is 1. The number of carbonyl (C=O) groups is 1. The van der Waals surface area contributed by atoms with E-state index in [4.69, 9.17) is 0 Å². The molecule has 1 aromatic carbocycles. The first kappa shape index (κ1) is 14.1. The maximum Gasteiger partial charge on any atom is 1.00 e. The summed E-state index contributed by atoms with van der Waals surface area (Å²) < 4.78 is 13.6. The number of carboxylic acids is 1. The molecule has 0 fully saturated rings. The van der Waals surface area contributed by atoms with E-state index >= 15 is 0 Å². The van der Waals surface area contributed by atoms with Crippen molar-refractivity contribution in [1.29, 1.82) is 0 Å². The van der Waals surface area contributed by atoms with Crippen molar-refractivity contribution in [1.82, 2.24) is 0 Å². The monoisotopic (exact) mass is 268 g/mol. The minimum absolute atomic E-state index is 0. The summed E-state index contributed by atoms with van der Waals surface area (Å²) in [7, 11) is 0. The number of rotatable bonds is 2. The Kier molecular flexibility index (Phi) is 5.90. The summed E-state index contributed by atoms with van der Waals surface area (Å²) in [4.78, 5) is 10.6. The second-order valence-electron chi connectivity index (χ2n) is 2.55. The van der Waals surface area contributed by atoms with E-state index in [9.17, 15) is 14.3 Å². The minimum Gasteiger partial charge on any atom is -0.545 e. The van der Waals surface area contributed by atoms with Gasteiger partial charge in [0.2, 0.25) is 0 Å². The van der Waals surface area contributed by atoms with Gasteiger partial charge in [-0.05, 0) is 24.1 Å². The maximum atomic E-state index is 13.2. The van der Waals surface area contributed by atoms with Crippen molar-refractivity contribution in [3.05, 3.63) is 33.5 Å². The van der Waals surface area contributed by atoms with Gasteiger partial charge in [-0.25, -0.2) is 4.39 Å². The van der Waals surface area contributed by atoms with E-state index in [1.807, 2.05) is 0 Å². The van der Waals surface area contributed by atoms with Gasteiger partial charge in [-0.15, -0.1) is 0 Å². The van der Waals surface area contributed by atoms with Crippen LogP contribution in [0.25, 0.3) is 0 Å². The van der Waals surface area contributed by atoms with Crippen LogP contribution in [0.5, 0.6) is 0 Å². The van der Waals surface area contributed by atoms with Crippen molar-refractivity contribution >= 4 is 21.9 Å². The summed E-state index contributed by atoms with van der Waals surface area (Å²) in [6, 6.07) is 2.59. The van der Waals surface area contributed by atoms with Crippen molar-refractivity contribution in [3.63, 3.8) is 0 Å². The first-order valence-corrected chi connectivity index (χ1v) is 4.54. The topological polar surface area (TPSA) is 40.1 Å². The summed E-state index contributed by atoms with van der Waals surface area (Å²) in [5.74, 6) is -1.87. The van der Waals surface area contributed by atoms with E-state index in [1.54, 1.807) is 6.92 Å². The van der Waals surface area contributed by atoms with Crippen molar-refractivity contribution in [2.75, 3.05) is 0 Å². The van der Waals surface area contributed by atoms with E-state index in [0.29, 0.717) is 10.9 Å². The van der Waals surface area contributed by atoms with Crippen LogP contribution >= 0.6 is 15.9 Å². The summed E-state index contributed by atoms with van der Waals surface area (Å²) in [6.07, 6.45) is 0.336. The molecule has 70 valence electrons. The third-order valence-electron chi connectivity index (χ3n) is 1.73. The summed E-state index contributed by atoms with van der Waals surface area (Å²) in [5, 5.41) is 10.6. The molecule has 0 heterocycles. The maximum absolute atomic E-state index is 13.2. The number of carbonyl (C=O) groups excluding carboxylic acids is 1. The minimum atomic E-state index is -1.35. The molecule has 0 aliphatic rings. The fraction of sp³-hybridized carbons (Fsp3) is 0.222. The van der Waals surface area contributed by atoms with Crippen LogP contribution in [-0.2, 0) is 6.42 Å². The second kappa shape index (κ2) is 5.85. The Labute approximate surface area is 112 Å². The van der Waals surface area contributed by atoms with Gasteiger partial charge >= 0.3 is 29.6 Å². The van der Waals surface area contributed by atoms with Crippen LogP contribution in [0.3, 0.4) is 0 Å². The number of hydrogen-bond acceptors (Lipinski definition) is 2. The molecule has 0 aromatic heterocycles. The van der Waals surface area contributed by atoms with Crippen molar-refractivity contribution in [2.24, 2.45) is 0 Å². The number of aromatic carboxylic acids is 1. The molecule has 0 spiro atoms. The molecule has 0 atom stereocenters. The predicted octanol–water partition coefficient (Wildman–Crippen LogP) is -1.48. The van der Waals surface area contributed by atoms with E-state index < -0.39 is 11.8 Å². The molecule has 0 aliphatic carbocycles. The Bertz CT molecular complexity index is 355. The summed E-state index contributed by atoms with van der Waals surface area (Å²) >= 11 is 3.01. The largest absolute Gasteiger partial charge is 1.00 e. The van der Waals surface area contributed by atoms with Gasteiger partial charge in [0.15, 0.2) is 0 Å². The molecule has 0 amide bonds. The number of benzene rings is 1. The van der Waals surface area contributed by atoms with Crippen molar-refractivity contribution in [3.8, 4) is 0 Å². The average Bonchev–Trinajstić information content (AvgIpc) is 2.02.